The fraction of sp³-hybridized carbons (Fsp3) is 0.800. The van der Waals surface area contributed by atoms with Gasteiger partial charge in [0.2, 0.25) is 29.5 Å². The van der Waals surface area contributed by atoms with E-state index in [2.05, 4.69) is 33.9 Å². The first kappa shape index (κ1) is 40.1. The van der Waals surface area contributed by atoms with Gasteiger partial charge in [0, 0.05) is 12.3 Å². The van der Waals surface area contributed by atoms with Crippen molar-refractivity contribution < 1.29 is 39.0 Å². The van der Waals surface area contributed by atoms with Crippen LogP contribution in [0.3, 0.4) is 0 Å². The van der Waals surface area contributed by atoms with Gasteiger partial charge in [-0.2, -0.15) is 12.6 Å². The van der Waals surface area contributed by atoms with Gasteiger partial charge in [-0.25, -0.2) is 4.79 Å². The average Bonchev–Trinajstić information content (AvgIpc) is 3.45. The second kappa shape index (κ2) is 18.9. The fourth-order valence-electron chi connectivity index (χ4n) is 5.05. The highest BCUT2D eigenvalue weighted by atomic mass is 32.1. The maximum atomic E-state index is 13.8. The Morgan fingerprint density at radius 3 is 1.89 bits per heavy atom. The number of thiol groups is 1. The largest absolute Gasteiger partial charge is 0.480 e. The molecule has 0 radical (unpaired) electrons. The van der Waals surface area contributed by atoms with Crippen molar-refractivity contribution in [2.24, 2.45) is 23.5 Å². The molecule has 0 spiro atoms. The molecule has 258 valence electrons. The lowest BCUT2D eigenvalue weighted by Crippen LogP contribution is -2.61. The lowest BCUT2D eigenvalue weighted by molar-refractivity contribution is -0.144. The second-order valence-corrected chi connectivity index (χ2v) is 13.2. The summed E-state index contributed by atoms with van der Waals surface area (Å²) in [7, 11) is 0. The smallest absolute Gasteiger partial charge is 0.327 e. The molecule has 0 aromatic carbocycles. The molecule has 8 N–H and O–H groups in total. The Morgan fingerprint density at radius 1 is 0.844 bits per heavy atom. The molecule has 1 aliphatic rings. The number of amides is 5. The molecule has 5 amide bonds. The van der Waals surface area contributed by atoms with E-state index in [0.717, 1.165) is 0 Å². The van der Waals surface area contributed by atoms with Crippen LogP contribution >= 0.6 is 12.6 Å². The normalized spacial score (nSPS) is 19.6. The van der Waals surface area contributed by atoms with Gasteiger partial charge in [0.25, 0.3) is 0 Å². The minimum Gasteiger partial charge on any atom is -0.480 e. The van der Waals surface area contributed by atoms with Crippen LogP contribution in [0.25, 0.3) is 0 Å². The predicted octanol–water partition coefficient (Wildman–Crippen LogP) is -0.223. The minimum atomic E-state index is -1.38. The van der Waals surface area contributed by atoms with Crippen LogP contribution in [0.2, 0.25) is 0 Å². The van der Waals surface area contributed by atoms with Gasteiger partial charge < -0.3 is 42.1 Å². The third-order valence-electron chi connectivity index (χ3n) is 7.92. The first-order valence-corrected chi connectivity index (χ1v) is 16.4. The number of carboxylic acids is 1. The zero-order valence-corrected chi connectivity index (χ0v) is 28.4. The van der Waals surface area contributed by atoms with Gasteiger partial charge in [0.1, 0.15) is 30.2 Å². The van der Waals surface area contributed by atoms with E-state index in [1.807, 2.05) is 34.6 Å². The van der Waals surface area contributed by atoms with E-state index in [1.165, 1.54) is 11.8 Å². The van der Waals surface area contributed by atoms with E-state index in [0.29, 0.717) is 19.3 Å². The Kier molecular flexibility index (Phi) is 16.9. The van der Waals surface area contributed by atoms with Crippen molar-refractivity contribution in [2.45, 2.75) is 123 Å². The number of hydrogen-bond acceptors (Lipinski definition) is 9. The van der Waals surface area contributed by atoms with E-state index >= 15 is 0 Å². The van der Waals surface area contributed by atoms with E-state index in [1.54, 1.807) is 6.92 Å². The standard InChI is InChI=1S/C30H54N6O8S/c1-8-17(6)23(31)27(40)35-24(18(7)37)28(41)32-19(12-15(2)3)25(38)33-20(13-16(4)5)29(42)36-11-9-10-22(36)26(39)34-21(14-45)30(43)44/h15-24,37,45H,8-14,31H2,1-7H3,(H,32,41)(H,33,38)(H,34,39)(H,35,40)(H,43,44)/t17-,18+,19-,20-,21-,22-,23-,24-/m0/s1. The third kappa shape index (κ3) is 12.4. The van der Waals surface area contributed by atoms with Crippen LogP contribution in [-0.4, -0.2) is 105 Å². The first-order valence-electron chi connectivity index (χ1n) is 15.7. The van der Waals surface area contributed by atoms with Crippen molar-refractivity contribution in [2.75, 3.05) is 12.3 Å². The Hall–Kier alpha value is -2.91. The monoisotopic (exact) mass is 658 g/mol. The summed E-state index contributed by atoms with van der Waals surface area (Å²) in [6.07, 6.45) is 0.627. The molecular weight excluding hydrogens is 604 g/mol. The first-order chi connectivity index (χ1) is 20.9. The van der Waals surface area contributed by atoms with Crippen molar-refractivity contribution in [3.63, 3.8) is 0 Å². The number of hydrogen-bond donors (Lipinski definition) is 8. The van der Waals surface area contributed by atoms with Crippen molar-refractivity contribution in [1.82, 2.24) is 26.2 Å². The molecule has 14 nitrogen and oxygen atoms in total. The van der Waals surface area contributed by atoms with Gasteiger partial charge >= 0.3 is 5.97 Å². The molecule has 1 fully saturated rings. The molecule has 1 aliphatic heterocycles. The molecule has 1 heterocycles. The zero-order valence-electron chi connectivity index (χ0n) is 27.5. The molecule has 0 aliphatic carbocycles. The van der Waals surface area contributed by atoms with Crippen LogP contribution in [0.15, 0.2) is 0 Å². The van der Waals surface area contributed by atoms with Gasteiger partial charge in [-0.1, -0.05) is 48.0 Å². The summed E-state index contributed by atoms with van der Waals surface area (Å²) in [6.45, 7) is 12.7. The number of carbonyl (C=O) groups excluding carboxylic acids is 5. The molecular formula is C30H54N6O8S. The van der Waals surface area contributed by atoms with E-state index < -0.39 is 77.9 Å². The van der Waals surface area contributed by atoms with E-state index in [4.69, 9.17) is 5.73 Å². The number of aliphatic hydroxyl groups excluding tert-OH is 1. The lowest BCUT2D eigenvalue weighted by Gasteiger charge is -2.31. The number of carbonyl (C=O) groups is 6. The Bertz CT molecular complexity index is 1040. The summed E-state index contributed by atoms with van der Waals surface area (Å²) < 4.78 is 0. The van der Waals surface area contributed by atoms with Crippen molar-refractivity contribution in [3.8, 4) is 0 Å². The highest BCUT2D eigenvalue weighted by Crippen LogP contribution is 2.21. The maximum Gasteiger partial charge on any atom is 0.327 e. The van der Waals surface area contributed by atoms with E-state index in [-0.39, 0.29) is 42.9 Å². The van der Waals surface area contributed by atoms with Gasteiger partial charge in [-0.15, -0.1) is 0 Å². The average molecular weight is 659 g/mol. The Labute approximate surface area is 271 Å². The summed E-state index contributed by atoms with van der Waals surface area (Å²) >= 11 is 3.98. The molecule has 0 unspecified atom stereocenters. The van der Waals surface area contributed by atoms with Crippen LogP contribution in [0.5, 0.6) is 0 Å². The van der Waals surface area contributed by atoms with Crippen LogP contribution in [0.1, 0.15) is 80.6 Å². The second-order valence-electron chi connectivity index (χ2n) is 12.8. The van der Waals surface area contributed by atoms with Crippen molar-refractivity contribution in [1.29, 1.82) is 0 Å². The maximum absolute atomic E-state index is 13.8. The summed E-state index contributed by atoms with van der Waals surface area (Å²) in [5.41, 5.74) is 6.00. The molecule has 0 aromatic rings. The van der Waals surface area contributed by atoms with Gasteiger partial charge in [-0.3, -0.25) is 24.0 Å². The number of carboxylic acid groups (broad SMARTS) is 1. The van der Waals surface area contributed by atoms with Gasteiger partial charge in [-0.05, 0) is 50.4 Å². The summed E-state index contributed by atoms with van der Waals surface area (Å²) in [6, 6.07) is -6.53. The van der Waals surface area contributed by atoms with E-state index in [9.17, 15) is 39.0 Å². The number of likely N-dealkylation sites (tertiary alicyclic amines) is 1. The molecule has 1 rings (SSSR count). The highest BCUT2D eigenvalue weighted by molar-refractivity contribution is 7.80. The van der Waals surface area contributed by atoms with Crippen molar-refractivity contribution in [3.05, 3.63) is 0 Å². The summed E-state index contributed by atoms with van der Waals surface area (Å²) in [5.74, 6) is -4.74. The predicted molar refractivity (Wildman–Crippen MR) is 172 cm³/mol. The quantitative estimate of drug-likeness (QED) is 0.0911. The Balaban J connectivity index is 3.17. The number of aliphatic hydroxyl groups is 1. The molecule has 8 atom stereocenters. The summed E-state index contributed by atoms with van der Waals surface area (Å²) in [5, 5.41) is 29.9. The number of nitrogens with two attached hydrogens (primary N) is 1. The Morgan fingerprint density at radius 2 is 1.40 bits per heavy atom. The summed E-state index contributed by atoms with van der Waals surface area (Å²) in [4.78, 5) is 79.1. The number of rotatable bonds is 18. The molecule has 0 saturated carbocycles. The highest BCUT2D eigenvalue weighted by Gasteiger charge is 2.40. The topological polar surface area (TPSA) is 220 Å². The number of nitrogens with zero attached hydrogens (tertiary/aromatic N) is 1. The molecule has 15 heteroatoms. The van der Waals surface area contributed by atoms with Crippen LogP contribution in [-0.2, 0) is 28.8 Å². The van der Waals surface area contributed by atoms with Gasteiger partial charge in [0.05, 0.1) is 12.1 Å². The van der Waals surface area contributed by atoms with Gasteiger partial charge in [0.15, 0.2) is 0 Å². The number of aliphatic carboxylic acids is 1. The van der Waals surface area contributed by atoms with Crippen LogP contribution in [0.4, 0.5) is 0 Å². The molecule has 45 heavy (non-hydrogen) atoms. The molecule has 0 aromatic heterocycles. The fourth-order valence-corrected chi connectivity index (χ4v) is 5.30. The third-order valence-corrected chi connectivity index (χ3v) is 8.28. The molecule has 1 saturated heterocycles. The number of nitrogens with one attached hydrogen (secondary N) is 4. The lowest BCUT2D eigenvalue weighted by atomic mass is 9.98. The SMILES string of the molecule is CC[C@H](C)[C@H](N)C(=O)N[C@H](C(=O)N[C@@H](CC(C)C)C(=O)N[C@@H](CC(C)C)C(=O)N1CCC[C@H]1C(=O)N[C@@H](CS)C(=O)O)[C@@H](C)O. The molecule has 0 bridgehead atoms. The minimum absolute atomic E-state index is 0.0302. The van der Waals surface area contributed by atoms with Crippen LogP contribution < -0.4 is 27.0 Å². The van der Waals surface area contributed by atoms with Crippen LogP contribution in [0, 0.1) is 17.8 Å². The van der Waals surface area contributed by atoms with Crippen molar-refractivity contribution >= 4 is 48.1 Å². The zero-order chi connectivity index (χ0) is 34.6.